The number of amides is 1. The van der Waals surface area contributed by atoms with E-state index in [1.54, 1.807) is 25.1 Å². The quantitative estimate of drug-likeness (QED) is 0.778. The number of hydrogen-bond donors (Lipinski definition) is 1. The molecule has 0 aliphatic rings. The van der Waals surface area contributed by atoms with Crippen LogP contribution in [0.1, 0.15) is 18.2 Å². The highest BCUT2D eigenvalue weighted by atomic mass is 32.1. The van der Waals surface area contributed by atoms with Gasteiger partial charge in [0.1, 0.15) is 5.76 Å². The van der Waals surface area contributed by atoms with Gasteiger partial charge in [0, 0.05) is 19.2 Å². The second-order valence-electron chi connectivity index (χ2n) is 3.37. The first kappa shape index (κ1) is 11.2. The normalized spacial score (nSPS) is 12.6. The average Bonchev–Trinajstić information content (AvgIpc) is 2.50. The molecule has 0 spiro atoms. The lowest BCUT2D eigenvalue weighted by Gasteiger charge is -2.18. The van der Waals surface area contributed by atoms with Crippen LogP contribution < -0.4 is 0 Å². The monoisotopic (exact) mass is 213 g/mol. The fourth-order valence-corrected chi connectivity index (χ4v) is 1.42. The molecule has 1 unspecified atom stereocenters. The Kier molecular flexibility index (Phi) is 3.63. The molecule has 3 nitrogen and oxygen atoms in total. The van der Waals surface area contributed by atoms with E-state index in [1.807, 2.05) is 13.0 Å². The zero-order chi connectivity index (χ0) is 10.7. The number of hydrogen-bond acceptors (Lipinski definition) is 3. The fraction of sp³-hybridized carbons (Fsp3) is 0.500. The van der Waals surface area contributed by atoms with Gasteiger partial charge in [-0.25, -0.2) is 0 Å². The molecular weight excluding hydrogens is 198 g/mol. The Bertz CT molecular complexity index is 320. The van der Waals surface area contributed by atoms with Crippen molar-refractivity contribution in [3.05, 3.63) is 23.7 Å². The van der Waals surface area contributed by atoms with Crippen LogP contribution in [-0.2, 0) is 11.3 Å². The van der Waals surface area contributed by atoms with Crippen molar-refractivity contribution >= 4 is 18.5 Å². The maximum atomic E-state index is 11.5. The van der Waals surface area contributed by atoms with Gasteiger partial charge in [0.2, 0.25) is 5.91 Å². The molecule has 1 rings (SSSR count). The van der Waals surface area contributed by atoms with Crippen LogP contribution in [-0.4, -0.2) is 23.1 Å². The maximum absolute atomic E-state index is 11.5. The number of furan rings is 1. The third kappa shape index (κ3) is 2.54. The zero-order valence-corrected chi connectivity index (χ0v) is 9.54. The zero-order valence-electron chi connectivity index (χ0n) is 8.65. The van der Waals surface area contributed by atoms with Gasteiger partial charge in [-0.05, 0) is 19.9 Å². The Labute approximate surface area is 89.5 Å². The summed E-state index contributed by atoms with van der Waals surface area (Å²) in [7, 11) is 1.77. The van der Waals surface area contributed by atoms with Gasteiger partial charge in [0.05, 0.1) is 11.5 Å². The molecule has 4 heteroatoms. The molecule has 1 aromatic rings. The van der Waals surface area contributed by atoms with Gasteiger partial charge in [-0.3, -0.25) is 4.79 Å². The predicted octanol–water partition coefficient (Wildman–Crippen LogP) is 1.86. The molecule has 0 bridgehead atoms. The van der Waals surface area contributed by atoms with Gasteiger partial charge < -0.3 is 9.32 Å². The topological polar surface area (TPSA) is 33.5 Å². The molecule has 0 fully saturated rings. The number of rotatable bonds is 3. The molecule has 0 saturated heterocycles. The number of aryl methyl sites for hydroxylation is 1. The van der Waals surface area contributed by atoms with Crippen molar-refractivity contribution in [2.24, 2.45) is 0 Å². The standard InChI is InChI=1S/C10H15NO2S/c1-7-9(4-5-13-7)6-11(3)10(12)8(2)14/h4-5,8,14H,6H2,1-3H3. The summed E-state index contributed by atoms with van der Waals surface area (Å²) in [6.45, 7) is 4.23. The molecule has 0 aromatic carbocycles. The molecule has 1 atom stereocenters. The van der Waals surface area contributed by atoms with E-state index < -0.39 is 0 Å². The Morgan fingerprint density at radius 3 is 2.79 bits per heavy atom. The van der Waals surface area contributed by atoms with Crippen LogP contribution >= 0.6 is 12.6 Å². The van der Waals surface area contributed by atoms with Crippen LogP contribution in [0.25, 0.3) is 0 Å². The van der Waals surface area contributed by atoms with Gasteiger partial charge in [-0.1, -0.05) is 0 Å². The predicted molar refractivity (Wildman–Crippen MR) is 58.4 cm³/mol. The summed E-state index contributed by atoms with van der Waals surface area (Å²) in [6.07, 6.45) is 1.63. The van der Waals surface area contributed by atoms with E-state index >= 15 is 0 Å². The van der Waals surface area contributed by atoms with Crippen LogP contribution in [0, 0.1) is 6.92 Å². The van der Waals surface area contributed by atoms with Crippen LogP contribution in [0.4, 0.5) is 0 Å². The number of thiol groups is 1. The largest absolute Gasteiger partial charge is 0.469 e. The van der Waals surface area contributed by atoms with Crippen LogP contribution in [0.15, 0.2) is 16.7 Å². The first-order chi connectivity index (χ1) is 6.52. The molecular formula is C10H15NO2S. The Hall–Kier alpha value is -0.900. The van der Waals surface area contributed by atoms with Crippen molar-refractivity contribution in [1.82, 2.24) is 4.90 Å². The van der Waals surface area contributed by atoms with Crippen LogP contribution in [0.3, 0.4) is 0 Å². The minimum atomic E-state index is -0.257. The van der Waals surface area contributed by atoms with Crippen LogP contribution in [0.2, 0.25) is 0 Å². The number of nitrogens with zero attached hydrogens (tertiary/aromatic N) is 1. The highest BCUT2D eigenvalue weighted by Crippen LogP contribution is 2.12. The Balaban J connectivity index is 2.62. The summed E-state index contributed by atoms with van der Waals surface area (Å²) >= 11 is 4.09. The molecule has 1 amide bonds. The molecule has 0 aliphatic heterocycles. The lowest BCUT2D eigenvalue weighted by molar-refractivity contribution is -0.129. The summed E-state index contributed by atoms with van der Waals surface area (Å²) in [5.41, 5.74) is 1.04. The fourth-order valence-electron chi connectivity index (χ4n) is 1.23. The van der Waals surface area contributed by atoms with E-state index in [4.69, 9.17) is 4.42 Å². The average molecular weight is 213 g/mol. The van der Waals surface area contributed by atoms with Gasteiger partial charge in [-0.2, -0.15) is 12.6 Å². The van der Waals surface area contributed by atoms with Crippen molar-refractivity contribution in [3.63, 3.8) is 0 Å². The third-order valence-corrected chi connectivity index (χ3v) is 2.33. The van der Waals surface area contributed by atoms with Crippen molar-refractivity contribution < 1.29 is 9.21 Å². The van der Waals surface area contributed by atoms with Gasteiger partial charge in [-0.15, -0.1) is 0 Å². The third-order valence-electron chi connectivity index (χ3n) is 2.11. The van der Waals surface area contributed by atoms with E-state index in [2.05, 4.69) is 12.6 Å². The molecule has 0 N–H and O–H groups in total. The molecule has 78 valence electrons. The lowest BCUT2D eigenvalue weighted by atomic mass is 10.2. The molecule has 0 aliphatic carbocycles. The highest BCUT2D eigenvalue weighted by molar-refractivity contribution is 7.81. The molecule has 1 heterocycles. The van der Waals surface area contributed by atoms with E-state index in [9.17, 15) is 4.79 Å². The molecule has 0 radical (unpaired) electrons. The van der Waals surface area contributed by atoms with Crippen molar-refractivity contribution in [2.45, 2.75) is 25.6 Å². The maximum Gasteiger partial charge on any atom is 0.235 e. The number of carbonyl (C=O) groups excluding carboxylic acids is 1. The van der Waals surface area contributed by atoms with Crippen molar-refractivity contribution in [3.8, 4) is 0 Å². The highest BCUT2D eigenvalue weighted by Gasteiger charge is 2.15. The van der Waals surface area contributed by atoms with E-state index in [0.29, 0.717) is 6.54 Å². The van der Waals surface area contributed by atoms with E-state index in [1.165, 1.54) is 0 Å². The number of carbonyl (C=O) groups is 1. The minimum Gasteiger partial charge on any atom is -0.469 e. The smallest absolute Gasteiger partial charge is 0.235 e. The van der Waals surface area contributed by atoms with Gasteiger partial charge >= 0.3 is 0 Å². The molecule has 14 heavy (non-hydrogen) atoms. The first-order valence-electron chi connectivity index (χ1n) is 4.48. The second kappa shape index (κ2) is 4.55. The van der Waals surface area contributed by atoms with E-state index in [0.717, 1.165) is 11.3 Å². The summed E-state index contributed by atoms with van der Waals surface area (Å²) < 4.78 is 5.15. The molecule has 0 saturated carbocycles. The Morgan fingerprint density at radius 2 is 2.36 bits per heavy atom. The molecule has 1 aromatic heterocycles. The first-order valence-corrected chi connectivity index (χ1v) is 5.00. The SMILES string of the molecule is Cc1occc1CN(C)C(=O)C(C)S. The van der Waals surface area contributed by atoms with Crippen molar-refractivity contribution in [1.29, 1.82) is 0 Å². The summed E-state index contributed by atoms with van der Waals surface area (Å²) in [6, 6.07) is 1.88. The summed E-state index contributed by atoms with van der Waals surface area (Å²) in [4.78, 5) is 13.1. The van der Waals surface area contributed by atoms with Crippen molar-refractivity contribution in [2.75, 3.05) is 7.05 Å². The van der Waals surface area contributed by atoms with Gasteiger partial charge in [0.25, 0.3) is 0 Å². The Morgan fingerprint density at radius 1 is 1.71 bits per heavy atom. The van der Waals surface area contributed by atoms with Gasteiger partial charge in [0.15, 0.2) is 0 Å². The van der Waals surface area contributed by atoms with E-state index in [-0.39, 0.29) is 11.2 Å². The van der Waals surface area contributed by atoms with Crippen LogP contribution in [0.5, 0.6) is 0 Å². The summed E-state index contributed by atoms with van der Waals surface area (Å²) in [5, 5.41) is -0.257. The second-order valence-corrected chi connectivity index (χ2v) is 4.15. The summed E-state index contributed by atoms with van der Waals surface area (Å²) in [5.74, 6) is 0.880. The lowest BCUT2D eigenvalue weighted by Crippen LogP contribution is -2.31. The minimum absolute atomic E-state index is 0.0222.